The lowest BCUT2D eigenvalue weighted by molar-refractivity contribution is -0.133. The van der Waals surface area contributed by atoms with Crippen molar-refractivity contribution in [1.29, 1.82) is 0 Å². The highest BCUT2D eigenvalue weighted by Gasteiger charge is 2.49. The Balaban J connectivity index is 1.42. The average Bonchev–Trinajstić information content (AvgIpc) is 3.22. The van der Waals surface area contributed by atoms with E-state index in [1.165, 1.54) is 27.2 Å². The van der Waals surface area contributed by atoms with E-state index in [9.17, 15) is 9.59 Å². The van der Waals surface area contributed by atoms with Gasteiger partial charge in [0.15, 0.2) is 4.96 Å². The van der Waals surface area contributed by atoms with Crippen LogP contribution in [-0.2, 0) is 27.3 Å². The average molecular weight is 377 g/mol. The zero-order valence-electron chi connectivity index (χ0n) is 12.7. The summed E-state index contributed by atoms with van der Waals surface area (Å²) in [6.45, 7) is 1.33. The van der Waals surface area contributed by atoms with Gasteiger partial charge in [-0.3, -0.25) is 14.1 Å². The topological polar surface area (TPSA) is 93.4 Å². The van der Waals surface area contributed by atoms with Crippen LogP contribution in [0.5, 0.6) is 0 Å². The molecule has 0 radical (unpaired) electrons. The van der Waals surface area contributed by atoms with Gasteiger partial charge in [0.1, 0.15) is 5.37 Å². The Bertz CT molecular complexity index is 989. The third-order valence-corrected chi connectivity index (χ3v) is 6.36. The predicted molar refractivity (Wildman–Crippen MR) is 89.8 cm³/mol. The summed E-state index contributed by atoms with van der Waals surface area (Å²) in [5.41, 5.74) is 2.53. The molecule has 0 aliphatic carbocycles. The van der Waals surface area contributed by atoms with Crippen LogP contribution in [0.15, 0.2) is 23.1 Å². The number of hydrogen-bond acceptors (Lipinski definition) is 7. The van der Waals surface area contributed by atoms with Gasteiger partial charge in [-0.15, -0.1) is 0 Å². The van der Waals surface area contributed by atoms with Crippen molar-refractivity contribution in [3.63, 3.8) is 0 Å². The quantitative estimate of drug-likeness (QED) is 0.487. The Morgan fingerprint density at radius 1 is 1.52 bits per heavy atom. The number of amides is 1. The monoisotopic (exact) mass is 377 g/mol. The molecule has 2 aromatic heterocycles. The smallest absolute Gasteiger partial charge is 0.449 e. The van der Waals surface area contributed by atoms with Gasteiger partial charge in [-0.1, -0.05) is 23.1 Å². The number of hydrogen-bond donors (Lipinski definition) is 1. The highest BCUT2D eigenvalue weighted by Crippen LogP contribution is 2.45. The minimum atomic E-state index is -1.43. The molecule has 0 saturated carbocycles. The van der Waals surface area contributed by atoms with E-state index in [0.29, 0.717) is 18.8 Å². The van der Waals surface area contributed by atoms with Gasteiger partial charge in [0.2, 0.25) is 5.88 Å². The second kappa shape index (κ2) is 5.35. The first-order valence-corrected chi connectivity index (χ1v) is 9.26. The molecule has 3 aliphatic heterocycles. The Morgan fingerprint density at radius 2 is 2.40 bits per heavy atom. The third-order valence-electron chi connectivity index (χ3n) is 4.23. The maximum atomic E-state index is 12.3. The summed E-state index contributed by atoms with van der Waals surface area (Å²) < 4.78 is 12.1. The minimum Gasteiger partial charge on any atom is -0.449 e. The Morgan fingerprint density at radius 3 is 3.24 bits per heavy atom. The molecule has 0 aromatic carbocycles. The fourth-order valence-corrected chi connectivity index (χ4v) is 5.27. The molecule has 1 N–H and O–H groups in total. The molecular formula is C15H11N3O5S2. The zero-order chi connectivity index (χ0) is 17.1. The van der Waals surface area contributed by atoms with E-state index in [2.05, 4.69) is 14.1 Å². The number of β-lactam (4-membered cyclic amide) rings is 1. The third kappa shape index (κ3) is 2.21. The van der Waals surface area contributed by atoms with E-state index in [4.69, 9.17) is 9.84 Å². The lowest BCUT2D eigenvalue weighted by Gasteiger charge is -2.36. The number of rotatable bonds is 2. The van der Waals surface area contributed by atoms with Crippen molar-refractivity contribution in [1.82, 2.24) is 14.3 Å². The normalized spacial score (nSPS) is 23.4. The Hall–Kier alpha value is -2.30. The number of nitrogens with zero attached hydrogens (tertiary/aromatic N) is 3. The second-order valence-electron chi connectivity index (χ2n) is 5.68. The molecule has 3 aliphatic rings. The number of thioether (sulfide) groups is 1. The van der Waals surface area contributed by atoms with Crippen LogP contribution >= 0.6 is 23.1 Å². The first-order chi connectivity index (χ1) is 12.1. The predicted octanol–water partition coefficient (Wildman–Crippen LogP) is 2.26. The summed E-state index contributed by atoms with van der Waals surface area (Å²) in [5.74, 6) is -0.196. The highest BCUT2D eigenvalue weighted by atomic mass is 32.2. The van der Waals surface area contributed by atoms with Gasteiger partial charge in [-0.25, -0.2) is 9.78 Å². The highest BCUT2D eigenvalue weighted by molar-refractivity contribution is 8.03. The van der Waals surface area contributed by atoms with E-state index in [1.807, 2.05) is 6.20 Å². The number of carbonyl (C=O) groups is 2. The molecule has 1 amide bonds. The van der Waals surface area contributed by atoms with Crippen molar-refractivity contribution < 1.29 is 24.2 Å². The molecule has 8 nitrogen and oxygen atoms in total. The van der Waals surface area contributed by atoms with Crippen molar-refractivity contribution in [2.45, 2.75) is 18.4 Å². The van der Waals surface area contributed by atoms with Crippen LogP contribution in [-0.4, -0.2) is 43.4 Å². The van der Waals surface area contributed by atoms with Crippen molar-refractivity contribution >= 4 is 46.2 Å². The van der Waals surface area contributed by atoms with Gasteiger partial charge in [-0.2, -0.15) is 0 Å². The molecule has 0 spiro atoms. The van der Waals surface area contributed by atoms with Crippen LogP contribution in [0.25, 0.3) is 11.0 Å². The van der Waals surface area contributed by atoms with Crippen molar-refractivity contribution in [2.24, 2.45) is 0 Å². The minimum absolute atomic E-state index is 0.0598. The zero-order valence-corrected chi connectivity index (χ0v) is 14.3. The van der Waals surface area contributed by atoms with E-state index in [-0.39, 0.29) is 17.2 Å². The van der Waals surface area contributed by atoms with Gasteiger partial charge >= 0.3 is 6.16 Å². The molecule has 5 rings (SSSR count). The van der Waals surface area contributed by atoms with E-state index < -0.39 is 6.16 Å². The fourth-order valence-electron chi connectivity index (χ4n) is 3.13. The molecule has 1 atom stereocenters. The van der Waals surface area contributed by atoms with Crippen LogP contribution in [0, 0.1) is 0 Å². The molecule has 128 valence electrons. The van der Waals surface area contributed by atoms with Gasteiger partial charge < -0.3 is 14.6 Å². The molecule has 0 unspecified atom stereocenters. The second-order valence-corrected chi connectivity index (χ2v) is 7.70. The number of imidazole rings is 1. The largest absolute Gasteiger partial charge is 0.512 e. The number of carbonyl (C=O) groups excluding carboxylic acids is 1. The van der Waals surface area contributed by atoms with E-state index in [1.54, 1.807) is 22.8 Å². The standard InChI is InChI=1S/C15H11N3O5S2/c19-12-8(13-18(12)11(6-24-13)23-15(20)21)3-7-4-17-9-1-2-22-5-10(9)25-14(17)16-7/h3-4,6,13H,1-2,5H2,(H,20,21)/b8-3-/t13-/m1/s1. The maximum absolute atomic E-state index is 12.3. The molecule has 1 saturated heterocycles. The van der Waals surface area contributed by atoms with E-state index in [0.717, 1.165) is 17.1 Å². The van der Waals surface area contributed by atoms with Crippen LogP contribution in [0.4, 0.5) is 4.79 Å². The van der Waals surface area contributed by atoms with Gasteiger partial charge in [-0.05, 0) is 6.08 Å². The summed E-state index contributed by atoms with van der Waals surface area (Å²) in [7, 11) is 0. The molecule has 25 heavy (non-hydrogen) atoms. The summed E-state index contributed by atoms with van der Waals surface area (Å²) in [6.07, 6.45) is 3.12. The van der Waals surface area contributed by atoms with Crippen LogP contribution in [0.1, 0.15) is 16.3 Å². The summed E-state index contributed by atoms with van der Waals surface area (Å²) in [6, 6.07) is 0. The Labute approximate surface area is 149 Å². The SMILES string of the molecule is O=C(O)OC1=CS[C@@H]2/C(=C\c3cn4c5c(sc4n3)COCC5)C(=O)N12. The number of fused-ring (bicyclic) bond motifs is 4. The number of ether oxygens (including phenoxy) is 2. The number of carboxylic acid groups (broad SMARTS) is 1. The maximum Gasteiger partial charge on any atom is 0.512 e. The van der Waals surface area contributed by atoms with Gasteiger partial charge in [0.25, 0.3) is 5.91 Å². The van der Waals surface area contributed by atoms with Gasteiger partial charge in [0.05, 0.1) is 29.4 Å². The van der Waals surface area contributed by atoms with Crippen molar-refractivity contribution in [3.05, 3.63) is 39.3 Å². The molecular weight excluding hydrogens is 366 g/mol. The number of aromatic nitrogens is 2. The lowest BCUT2D eigenvalue weighted by Crippen LogP contribution is -2.50. The van der Waals surface area contributed by atoms with Crippen LogP contribution in [0.3, 0.4) is 0 Å². The Kier molecular flexibility index (Phi) is 3.21. The molecule has 5 heterocycles. The van der Waals surface area contributed by atoms with E-state index >= 15 is 0 Å². The molecule has 10 heteroatoms. The molecule has 0 bridgehead atoms. The van der Waals surface area contributed by atoms with Crippen LogP contribution < -0.4 is 0 Å². The first-order valence-electron chi connectivity index (χ1n) is 7.51. The van der Waals surface area contributed by atoms with Gasteiger partial charge in [0, 0.05) is 23.7 Å². The van der Waals surface area contributed by atoms with Crippen molar-refractivity contribution in [3.8, 4) is 0 Å². The molecule has 2 aromatic rings. The lowest BCUT2D eigenvalue weighted by atomic mass is 10.1. The first kappa shape index (κ1) is 15.0. The van der Waals surface area contributed by atoms with Crippen LogP contribution in [0.2, 0.25) is 0 Å². The summed E-state index contributed by atoms with van der Waals surface area (Å²) in [5, 5.41) is 9.99. The number of thiazole rings is 1. The van der Waals surface area contributed by atoms with Crippen molar-refractivity contribution in [2.75, 3.05) is 6.61 Å². The molecule has 1 fully saturated rings. The fraction of sp³-hybridized carbons (Fsp3) is 0.267. The summed E-state index contributed by atoms with van der Waals surface area (Å²) in [4.78, 5) is 31.0. The summed E-state index contributed by atoms with van der Waals surface area (Å²) >= 11 is 2.95.